The van der Waals surface area contributed by atoms with Crippen molar-refractivity contribution in [3.63, 3.8) is 0 Å². The van der Waals surface area contributed by atoms with Gasteiger partial charge in [0.15, 0.2) is 17.4 Å². The molecule has 0 saturated carbocycles. The fraction of sp³-hybridized carbons (Fsp3) is 0.118. The molecule has 0 fully saturated rings. The Hall–Kier alpha value is -2.78. The summed E-state index contributed by atoms with van der Waals surface area (Å²) in [6.45, 7) is 1.44. The Bertz CT molecular complexity index is 946. The summed E-state index contributed by atoms with van der Waals surface area (Å²) >= 11 is 0. The van der Waals surface area contributed by atoms with Gasteiger partial charge < -0.3 is 9.47 Å². The van der Waals surface area contributed by atoms with Crippen molar-refractivity contribution in [2.75, 3.05) is 7.11 Å². The fourth-order valence-corrected chi connectivity index (χ4v) is 2.56. The lowest BCUT2D eigenvalue weighted by Gasteiger charge is -2.09. The van der Waals surface area contributed by atoms with E-state index < -0.39 is 33.4 Å². The molecule has 0 aliphatic rings. The second kappa shape index (κ2) is 7.63. The molecule has 6 nitrogen and oxygen atoms in total. The molecular weight excluding hydrogens is 368 g/mol. The lowest BCUT2D eigenvalue weighted by Crippen LogP contribution is -2.11. The van der Waals surface area contributed by atoms with E-state index in [0.717, 1.165) is 24.3 Å². The van der Waals surface area contributed by atoms with Crippen molar-refractivity contribution in [1.29, 1.82) is 0 Å². The number of sulfonamides is 1. The summed E-state index contributed by atoms with van der Waals surface area (Å²) in [5.41, 5.74) is 0.276. The van der Waals surface area contributed by atoms with E-state index in [0.29, 0.717) is 0 Å². The van der Waals surface area contributed by atoms with E-state index in [-0.39, 0.29) is 21.8 Å². The highest BCUT2D eigenvalue weighted by Crippen LogP contribution is 2.29. The molecule has 2 aromatic rings. The van der Waals surface area contributed by atoms with Crippen LogP contribution in [0.25, 0.3) is 6.08 Å². The third kappa shape index (κ3) is 4.64. The van der Waals surface area contributed by atoms with E-state index in [1.54, 1.807) is 0 Å². The average molecular weight is 383 g/mol. The summed E-state index contributed by atoms with van der Waals surface area (Å²) in [5.74, 6) is -3.26. The van der Waals surface area contributed by atoms with Gasteiger partial charge in [-0.1, -0.05) is 0 Å². The highest BCUT2D eigenvalue weighted by Gasteiger charge is 2.15. The molecule has 0 heterocycles. The zero-order valence-corrected chi connectivity index (χ0v) is 14.6. The minimum Gasteiger partial charge on any atom is -0.466 e. The first-order valence-corrected chi connectivity index (χ1v) is 8.73. The molecule has 0 spiro atoms. The molecule has 138 valence electrons. The number of carbonyl (C=O) groups is 1. The van der Waals surface area contributed by atoms with E-state index >= 15 is 0 Å². The third-order valence-electron chi connectivity index (χ3n) is 3.28. The van der Waals surface area contributed by atoms with Crippen molar-refractivity contribution < 1.29 is 31.5 Å². The van der Waals surface area contributed by atoms with Crippen molar-refractivity contribution in [2.24, 2.45) is 5.14 Å². The van der Waals surface area contributed by atoms with Gasteiger partial charge in [-0.2, -0.15) is 0 Å². The Morgan fingerprint density at radius 2 is 1.65 bits per heavy atom. The summed E-state index contributed by atoms with van der Waals surface area (Å²) in [7, 11) is -2.69. The number of methoxy groups -OCH3 is 1. The van der Waals surface area contributed by atoms with Crippen molar-refractivity contribution >= 4 is 22.1 Å². The highest BCUT2D eigenvalue weighted by atomic mass is 32.2. The van der Waals surface area contributed by atoms with E-state index in [9.17, 15) is 22.0 Å². The molecule has 0 atom stereocenters. The number of hydrogen-bond acceptors (Lipinski definition) is 5. The van der Waals surface area contributed by atoms with Crippen LogP contribution in [0.4, 0.5) is 8.78 Å². The number of nitrogens with two attached hydrogens (primary N) is 1. The van der Waals surface area contributed by atoms with E-state index in [1.807, 2.05) is 0 Å². The van der Waals surface area contributed by atoms with Gasteiger partial charge in [0.2, 0.25) is 10.0 Å². The second-order valence-corrected chi connectivity index (χ2v) is 6.81. The van der Waals surface area contributed by atoms with Crippen molar-refractivity contribution in [3.8, 4) is 11.5 Å². The van der Waals surface area contributed by atoms with E-state index in [1.165, 1.54) is 32.2 Å². The summed E-state index contributed by atoms with van der Waals surface area (Å²) in [6, 6.07) is 6.71. The Kier molecular flexibility index (Phi) is 5.73. The number of primary sulfonamides is 1. The zero-order chi connectivity index (χ0) is 19.5. The maximum atomic E-state index is 14.2. The minimum absolute atomic E-state index is 0.0178. The predicted octanol–water partition coefficient (Wildman–Crippen LogP) is 2.98. The van der Waals surface area contributed by atoms with Gasteiger partial charge in [0, 0.05) is 5.57 Å². The molecule has 2 rings (SSSR count). The monoisotopic (exact) mass is 383 g/mol. The second-order valence-electron chi connectivity index (χ2n) is 5.25. The molecule has 0 aliphatic carbocycles. The van der Waals surface area contributed by atoms with Crippen molar-refractivity contribution in [2.45, 2.75) is 11.8 Å². The first-order chi connectivity index (χ1) is 12.1. The molecule has 2 aromatic carbocycles. The molecule has 0 radical (unpaired) electrons. The number of ether oxygens (including phenoxy) is 2. The molecule has 0 amide bonds. The highest BCUT2D eigenvalue weighted by molar-refractivity contribution is 7.89. The molecular formula is C17H15F2NO5S. The van der Waals surface area contributed by atoms with Crippen LogP contribution >= 0.6 is 0 Å². The van der Waals surface area contributed by atoms with Gasteiger partial charge in [-0.15, -0.1) is 0 Å². The summed E-state index contributed by atoms with van der Waals surface area (Å²) in [4.78, 5) is 11.2. The van der Waals surface area contributed by atoms with Gasteiger partial charge in [0.1, 0.15) is 5.75 Å². The number of carbonyl (C=O) groups excluding carboxylic acids is 1. The molecule has 0 unspecified atom stereocenters. The molecule has 26 heavy (non-hydrogen) atoms. The van der Waals surface area contributed by atoms with Gasteiger partial charge in [0.25, 0.3) is 0 Å². The average Bonchev–Trinajstić information content (AvgIpc) is 2.57. The van der Waals surface area contributed by atoms with Crippen LogP contribution in [0.5, 0.6) is 11.5 Å². The Morgan fingerprint density at radius 3 is 2.12 bits per heavy atom. The summed E-state index contributed by atoms with van der Waals surface area (Å²) < 4.78 is 60.4. The number of rotatable bonds is 5. The Morgan fingerprint density at radius 1 is 1.12 bits per heavy atom. The molecule has 9 heteroatoms. The maximum Gasteiger partial charge on any atom is 0.333 e. The van der Waals surface area contributed by atoms with Crippen LogP contribution in [0.1, 0.15) is 12.5 Å². The van der Waals surface area contributed by atoms with Crippen LogP contribution < -0.4 is 9.88 Å². The predicted molar refractivity (Wildman–Crippen MR) is 89.9 cm³/mol. The number of esters is 1. The van der Waals surface area contributed by atoms with Crippen LogP contribution in [-0.2, 0) is 19.6 Å². The lowest BCUT2D eigenvalue weighted by molar-refractivity contribution is -0.135. The third-order valence-corrected chi connectivity index (χ3v) is 4.21. The molecule has 0 aromatic heterocycles. The fourth-order valence-electron chi connectivity index (χ4n) is 2.05. The molecule has 0 aliphatic heterocycles. The largest absolute Gasteiger partial charge is 0.466 e. The normalized spacial score (nSPS) is 12.0. The molecule has 0 saturated heterocycles. The summed E-state index contributed by atoms with van der Waals surface area (Å²) in [6.07, 6.45) is 1.27. The van der Waals surface area contributed by atoms with E-state index in [4.69, 9.17) is 9.88 Å². The topological polar surface area (TPSA) is 95.7 Å². The first-order valence-electron chi connectivity index (χ1n) is 7.18. The number of benzene rings is 2. The first kappa shape index (κ1) is 19.5. The van der Waals surface area contributed by atoms with Gasteiger partial charge in [0.05, 0.1) is 12.0 Å². The smallest absolute Gasteiger partial charge is 0.333 e. The SMILES string of the molecule is COC(=O)/C(C)=C/c1cc(F)c(Oc2ccc(S(N)(=O)=O)cc2)c(F)c1. The molecule has 0 bridgehead atoms. The molecule has 2 N–H and O–H groups in total. The maximum absolute atomic E-state index is 14.2. The van der Waals surface area contributed by atoms with Crippen molar-refractivity contribution in [1.82, 2.24) is 0 Å². The summed E-state index contributed by atoms with van der Waals surface area (Å²) in [5, 5.41) is 4.97. The Balaban J connectivity index is 2.30. The number of halogens is 2. The van der Waals surface area contributed by atoms with Crippen LogP contribution in [0.15, 0.2) is 46.9 Å². The van der Waals surface area contributed by atoms with Crippen LogP contribution in [0.2, 0.25) is 0 Å². The van der Waals surface area contributed by atoms with Crippen LogP contribution in [0.3, 0.4) is 0 Å². The standard InChI is InChI=1S/C17H15F2NO5S/c1-10(17(21)24-2)7-11-8-14(18)16(15(19)9-11)25-12-3-5-13(6-4-12)26(20,22)23/h3-9H,1-2H3,(H2,20,22,23)/b10-7+. The zero-order valence-electron chi connectivity index (χ0n) is 13.8. The Labute approximate surface area is 148 Å². The van der Waals surface area contributed by atoms with Crippen LogP contribution in [0, 0.1) is 11.6 Å². The van der Waals surface area contributed by atoms with Crippen molar-refractivity contribution in [3.05, 3.63) is 59.2 Å². The van der Waals surface area contributed by atoms with Gasteiger partial charge in [-0.25, -0.2) is 27.1 Å². The van der Waals surface area contributed by atoms with Gasteiger partial charge in [-0.3, -0.25) is 0 Å². The quantitative estimate of drug-likeness (QED) is 0.633. The lowest BCUT2D eigenvalue weighted by atomic mass is 10.1. The van der Waals surface area contributed by atoms with Gasteiger partial charge >= 0.3 is 5.97 Å². The van der Waals surface area contributed by atoms with Gasteiger partial charge in [-0.05, 0) is 55.0 Å². The van der Waals surface area contributed by atoms with Crippen LogP contribution in [-0.4, -0.2) is 21.5 Å². The number of hydrogen-bond donors (Lipinski definition) is 1. The minimum atomic E-state index is -3.88. The van der Waals surface area contributed by atoms with E-state index in [2.05, 4.69) is 4.74 Å².